The molecule has 2 aliphatic rings. The summed E-state index contributed by atoms with van der Waals surface area (Å²) in [6.07, 6.45) is 2.71. The first-order valence-electron chi connectivity index (χ1n) is 10.4. The second-order valence-electron chi connectivity index (χ2n) is 8.17. The Morgan fingerprint density at radius 1 is 1.28 bits per heavy atom. The van der Waals surface area contributed by atoms with E-state index in [1.165, 1.54) is 17.5 Å². The average molecular weight is 390 g/mol. The molecule has 3 atom stereocenters. The Kier molecular flexibility index (Phi) is 4.59. The molecule has 3 unspecified atom stereocenters. The summed E-state index contributed by atoms with van der Waals surface area (Å²) in [5, 5.41) is 12.0. The maximum atomic E-state index is 12.4. The number of carbonyl (C=O) groups is 1. The maximum Gasteiger partial charge on any atom is 0.306 e. The van der Waals surface area contributed by atoms with E-state index in [1.54, 1.807) is 4.68 Å². The molecule has 6 heteroatoms. The van der Waals surface area contributed by atoms with Crippen LogP contribution in [-0.4, -0.2) is 34.1 Å². The van der Waals surface area contributed by atoms with Gasteiger partial charge < -0.3 is 10.1 Å². The number of hydrogen-bond donors (Lipinski definition) is 1. The van der Waals surface area contributed by atoms with Crippen LogP contribution < -0.4 is 5.32 Å². The lowest BCUT2D eigenvalue weighted by Crippen LogP contribution is -2.15. The summed E-state index contributed by atoms with van der Waals surface area (Å²) in [4.78, 5) is 12.4. The van der Waals surface area contributed by atoms with E-state index < -0.39 is 0 Å². The molecule has 29 heavy (non-hydrogen) atoms. The molecule has 2 heterocycles. The van der Waals surface area contributed by atoms with E-state index in [0.717, 1.165) is 35.1 Å². The molecule has 1 N–H and O–H groups in total. The largest absolute Gasteiger partial charge is 0.466 e. The summed E-state index contributed by atoms with van der Waals surface area (Å²) in [7, 11) is 1.89. The quantitative estimate of drug-likeness (QED) is 0.677. The Balaban J connectivity index is 1.55. The topological polar surface area (TPSA) is 69.0 Å². The van der Waals surface area contributed by atoms with Crippen molar-refractivity contribution < 1.29 is 9.53 Å². The monoisotopic (exact) mass is 390 g/mol. The predicted molar refractivity (Wildman–Crippen MR) is 111 cm³/mol. The highest BCUT2D eigenvalue weighted by atomic mass is 16.5. The van der Waals surface area contributed by atoms with Gasteiger partial charge in [0, 0.05) is 19.0 Å². The minimum atomic E-state index is -0.172. The second kappa shape index (κ2) is 7.26. The number of nitrogens with one attached hydrogen (secondary N) is 1. The van der Waals surface area contributed by atoms with Gasteiger partial charge in [0.2, 0.25) is 0 Å². The molecule has 5 rings (SSSR count). The highest BCUT2D eigenvalue weighted by molar-refractivity contribution is 5.76. The molecular formula is C23H26N4O2. The van der Waals surface area contributed by atoms with Crippen LogP contribution in [0.25, 0.3) is 11.0 Å². The highest BCUT2D eigenvalue weighted by Gasteiger charge is 2.36. The average Bonchev–Trinajstić information content (AvgIpc) is 3.41. The van der Waals surface area contributed by atoms with Crippen molar-refractivity contribution in [1.82, 2.24) is 20.3 Å². The van der Waals surface area contributed by atoms with Crippen LogP contribution in [-0.2, 0) is 23.0 Å². The first-order chi connectivity index (χ1) is 14.1. The zero-order valence-electron chi connectivity index (χ0n) is 16.9. The van der Waals surface area contributed by atoms with Gasteiger partial charge in [-0.1, -0.05) is 29.5 Å². The Bertz CT molecular complexity index is 1070. The zero-order chi connectivity index (χ0) is 20.0. The van der Waals surface area contributed by atoms with Gasteiger partial charge in [-0.25, -0.2) is 4.68 Å². The fourth-order valence-electron chi connectivity index (χ4n) is 5.02. The minimum Gasteiger partial charge on any atom is -0.466 e. The molecule has 0 radical (unpaired) electrons. The van der Waals surface area contributed by atoms with Gasteiger partial charge in [-0.05, 0) is 66.6 Å². The third-order valence-corrected chi connectivity index (χ3v) is 6.45. The van der Waals surface area contributed by atoms with Crippen molar-refractivity contribution in [2.24, 2.45) is 13.0 Å². The smallest absolute Gasteiger partial charge is 0.306 e. The number of aryl methyl sites for hydroxylation is 1. The number of hydrogen-bond acceptors (Lipinski definition) is 5. The second-order valence-corrected chi connectivity index (χ2v) is 8.17. The lowest BCUT2D eigenvalue weighted by Gasteiger charge is -2.20. The molecule has 2 aromatic carbocycles. The van der Waals surface area contributed by atoms with Crippen molar-refractivity contribution in [2.45, 2.75) is 38.1 Å². The van der Waals surface area contributed by atoms with Gasteiger partial charge in [0.05, 0.1) is 18.5 Å². The molecule has 0 bridgehead atoms. The summed E-state index contributed by atoms with van der Waals surface area (Å²) in [6, 6.07) is 13.4. The molecule has 0 saturated carbocycles. The molecule has 6 nitrogen and oxygen atoms in total. The fraction of sp³-hybridized carbons (Fsp3) is 0.435. The van der Waals surface area contributed by atoms with E-state index >= 15 is 0 Å². The summed E-state index contributed by atoms with van der Waals surface area (Å²) in [5.74, 6) is 0.472. The number of nitrogens with zero attached hydrogens (tertiary/aromatic N) is 3. The third kappa shape index (κ3) is 3.21. The Morgan fingerprint density at radius 2 is 2.10 bits per heavy atom. The van der Waals surface area contributed by atoms with Gasteiger partial charge in [0.1, 0.15) is 5.52 Å². The lowest BCUT2D eigenvalue weighted by atomic mass is 9.86. The van der Waals surface area contributed by atoms with E-state index in [2.05, 4.69) is 46.0 Å². The SMILES string of the molecule is CCOC(=O)CC(c1ccc2c(c1)C1NCCC1C2)c1ccc2c(c1)nnn2C. The summed E-state index contributed by atoms with van der Waals surface area (Å²) in [5.41, 5.74) is 6.90. The molecular weight excluding hydrogens is 364 g/mol. The number of fused-ring (bicyclic) bond motifs is 4. The van der Waals surface area contributed by atoms with E-state index in [-0.39, 0.29) is 11.9 Å². The summed E-state index contributed by atoms with van der Waals surface area (Å²) >= 11 is 0. The van der Waals surface area contributed by atoms with Crippen molar-refractivity contribution in [1.29, 1.82) is 0 Å². The van der Waals surface area contributed by atoms with E-state index in [4.69, 9.17) is 4.74 Å². The van der Waals surface area contributed by atoms with Gasteiger partial charge in [0.15, 0.2) is 0 Å². The molecule has 0 spiro atoms. The first-order valence-corrected chi connectivity index (χ1v) is 10.4. The molecule has 1 aliphatic carbocycles. The van der Waals surface area contributed by atoms with Crippen LogP contribution in [0.3, 0.4) is 0 Å². The Hall–Kier alpha value is -2.73. The fourth-order valence-corrected chi connectivity index (χ4v) is 5.02. The van der Waals surface area contributed by atoms with Gasteiger partial charge in [-0.2, -0.15) is 0 Å². The van der Waals surface area contributed by atoms with Crippen molar-refractivity contribution in [3.63, 3.8) is 0 Å². The number of esters is 1. The van der Waals surface area contributed by atoms with Crippen LogP contribution in [0, 0.1) is 5.92 Å². The third-order valence-electron chi connectivity index (χ3n) is 6.45. The van der Waals surface area contributed by atoms with Crippen molar-refractivity contribution in [3.05, 3.63) is 58.7 Å². The first kappa shape index (κ1) is 18.3. The van der Waals surface area contributed by atoms with E-state index in [0.29, 0.717) is 25.0 Å². The number of benzene rings is 2. The molecule has 3 aromatic rings. The predicted octanol–water partition coefficient (Wildman–Crippen LogP) is 3.26. The Labute approximate surface area is 170 Å². The van der Waals surface area contributed by atoms with Crippen molar-refractivity contribution in [2.75, 3.05) is 13.2 Å². The van der Waals surface area contributed by atoms with Gasteiger partial charge in [0.25, 0.3) is 0 Å². The Morgan fingerprint density at radius 3 is 2.97 bits per heavy atom. The van der Waals surface area contributed by atoms with Crippen LogP contribution >= 0.6 is 0 Å². The number of carbonyl (C=O) groups excluding carboxylic acids is 1. The molecule has 1 fully saturated rings. The molecule has 1 aromatic heterocycles. The summed E-state index contributed by atoms with van der Waals surface area (Å²) < 4.78 is 7.05. The lowest BCUT2D eigenvalue weighted by molar-refractivity contribution is -0.143. The van der Waals surface area contributed by atoms with Gasteiger partial charge in [-0.15, -0.1) is 5.10 Å². The number of rotatable bonds is 5. The molecule has 150 valence electrons. The van der Waals surface area contributed by atoms with E-state index in [9.17, 15) is 4.79 Å². The molecule has 0 amide bonds. The van der Waals surface area contributed by atoms with Crippen LogP contribution in [0.15, 0.2) is 36.4 Å². The van der Waals surface area contributed by atoms with E-state index in [1.807, 2.05) is 20.0 Å². The van der Waals surface area contributed by atoms with Crippen LogP contribution in [0.1, 0.15) is 54.0 Å². The van der Waals surface area contributed by atoms with Crippen LogP contribution in [0.5, 0.6) is 0 Å². The maximum absolute atomic E-state index is 12.4. The molecule has 1 saturated heterocycles. The minimum absolute atomic E-state index is 0.0637. The zero-order valence-corrected chi connectivity index (χ0v) is 16.9. The normalized spacial score (nSPS) is 21.2. The van der Waals surface area contributed by atoms with Crippen LogP contribution in [0.4, 0.5) is 0 Å². The number of ether oxygens (including phenoxy) is 1. The van der Waals surface area contributed by atoms with Gasteiger partial charge in [-0.3, -0.25) is 4.79 Å². The standard InChI is InChI=1S/C23H26N4O2/c1-3-29-22(28)13-18(16-6-7-21-20(12-16)25-26-27(21)2)15-5-4-14-10-17-8-9-24-23(17)19(14)11-15/h4-7,11-12,17-18,23-24H,3,8-10,13H2,1-2H3. The van der Waals surface area contributed by atoms with Crippen molar-refractivity contribution in [3.8, 4) is 0 Å². The summed E-state index contributed by atoms with van der Waals surface area (Å²) in [6.45, 7) is 3.33. The highest BCUT2D eigenvalue weighted by Crippen LogP contribution is 2.43. The van der Waals surface area contributed by atoms with Crippen molar-refractivity contribution >= 4 is 17.0 Å². The number of aromatic nitrogens is 3. The van der Waals surface area contributed by atoms with Gasteiger partial charge >= 0.3 is 5.97 Å². The van der Waals surface area contributed by atoms with Crippen LogP contribution in [0.2, 0.25) is 0 Å². The molecule has 1 aliphatic heterocycles.